The number of benzene rings is 1. The van der Waals surface area contributed by atoms with Crippen LogP contribution in [0.2, 0.25) is 0 Å². The van der Waals surface area contributed by atoms with Gasteiger partial charge in [-0.2, -0.15) is 0 Å². The molecule has 0 aliphatic heterocycles. The summed E-state index contributed by atoms with van der Waals surface area (Å²) >= 11 is 0. The van der Waals surface area contributed by atoms with Gasteiger partial charge in [0.1, 0.15) is 6.04 Å². The van der Waals surface area contributed by atoms with E-state index in [-0.39, 0.29) is 11.9 Å². The number of amides is 1. The van der Waals surface area contributed by atoms with Crippen LogP contribution in [0, 0.1) is 5.92 Å². The molecule has 21 heavy (non-hydrogen) atoms. The van der Waals surface area contributed by atoms with Crippen molar-refractivity contribution < 1.29 is 4.79 Å². The predicted octanol–water partition coefficient (Wildman–Crippen LogP) is 2.39. The summed E-state index contributed by atoms with van der Waals surface area (Å²) in [7, 11) is 0. The molecule has 0 aliphatic carbocycles. The maximum Gasteiger partial charge on any atom is 0.242 e. The van der Waals surface area contributed by atoms with Crippen molar-refractivity contribution in [3.63, 3.8) is 0 Å². The van der Waals surface area contributed by atoms with E-state index < -0.39 is 0 Å². The van der Waals surface area contributed by atoms with Crippen LogP contribution in [-0.2, 0) is 4.79 Å². The number of hydrogen-bond acceptors (Lipinski definition) is 4. The lowest BCUT2D eigenvalue weighted by atomic mass is 10.1. The minimum Gasteiger partial charge on any atom is -0.398 e. The van der Waals surface area contributed by atoms with Gasteiger partial charge in [-0.3, -0.25) is 9.78 Å². The Morgan fingerprint density at radius 2 is 2.00 bits per heavy atom. The zero-order valence-corrected chi connectivity index (χ0v) is 12.7. The number of fused-ring (bicyclic) bond motifs is 1. The van der Waals surface area contributed by atoms with Crippen molar-refractivity contribution in [1.82, 2.24) is 10.3 Å². The molecule has 4 N–H and O–H groups in total. The monoisotopic (exact) mass is 286 g/mol. The maximum atomic E-state index is 12.0. The van der Waals surface area contributed by atoms with Crippen molar-refractivity contribution >= 4 is 28.1 Å². The molecular formula is C16H22N4O. The van der Waals surface area contributed by atoms with E-state index in [4.69, 9.17) is 5.73 Å². The summed E-state index contributed by atoms with van der Waals surface area (Å²) in [6.45, 7) is 6.66. The highest BCUT2D eigenvalue weighted by atomic mass is 16.2. The SMILES string of the molecule is CC(C)CNC(=O)C(C)Nc1ccc(N)c2cnccc12. The third-order valence-electron chi connectivity index (χ3n) is 3.30. The average Bonchev–Trinajstić information content (AvgIpc) is 2.47. The highest BCUT2D eigenvalue weighted by Crippen LogP contribution is 2.27. The highest BCUT2D eigenvalue weighted by Gasteiger charge is 2.14. The van der Waals surface area contributed by atoms with Gasteiger partial charge in [0, 0.05) is 41.1 Å². The fraction of sp³-hybridized carbons (Fsp3) is 0.375. The summed E-state index contributed by atoms with van der Waals surface area (Å²) in [4.78, 5) is 16.1. The van der Waals surface area contributed by atoms with Crippen LogP contribution >= 0.6 is 0 Å². The van der Waals surface area contributed by atoms with Crippen LogP contribution in [0.5, 0.6) is 0 Å². The zero-order valence-electron chi connectivity index (χ0n) is 12.7. The van der Waals surface area contributed by atoms with Crippen molar-refractivity contribution in [2.75, 3.05) is 17.6 Å². The van der Waals surface area contributed by atoms with Gasteiger partial charge in [-0.15, -0.1) is 0 Å². The number of nitrogens with one attached hydrogen (secondary N) is 2. The Morgan fingerprint density at radius 1 is 1.24 bits per heavy atom. The summed E-state index contributed by atoms with van der Waals surface area (Å²) in [6.07, 6.45) is 3.45. The molecule has 2 aromatic rings. The Bertz CT molecular complexity index is 639. The molecule has 2 rings (SSSR count). The van der Waals surface area contributed by atoms with E-state index in [1.807, 2.05) is 25.1 Å². The fourth-order valence-corrected chi connectivity index (χ4v) is 2.09. The summed E-state index contributed by atoms with van der Waals surface area (Å²) < 4.78 is 0. The van der Waals surface area contributed by atoms with E-state index in [0.29, 0.717) is 18.2 Å². The van der Waals surface area contributed by atoms with Gasteiger partial charge >= 0.3 is 0 Å². The second kappa shape index (κ2) is 6.43. The van der Waals surface area contributed by atoms with Crippen molar-refractivity contribution in [1.29, 1.82) is 0 Å². The van der Waals surface area contributed by atoms with Crippen LogP contribution < -0.4 is 16.4 Å². The number of aromatic nitrogens is 1. The number of anilines is 2. The molecule has 0 saturated carbocycles. The molecule has 1 aromatic carbocycles. The molecule has 1 heterocycles. The van der Waals surface area contributed by atoms with Crippen molar-refractivity contribution in [3.8, 4) is 0 Å². The van der Waals surface area contributed by atoms with Gasteiger partial charge in [0.15, 0.2) is 0 Å². The normalized spacial score (nSPS) is 12.4. The zero-order chi connectivity index (χ0) is 15.4. The van der Waals surface area contributed by atoms with Crippen molar-refractivity contribution in [2.24, 2.45) is 5.92 Å². The second-order valence-electron chi connectivity index (χ2n) is 5.63. The Kier molecular flexibility index (Phi) is 4.62. The standard InChI is InChI=1S/C16H22N4O/c1-10(2)8-19-16(21)11(3)20-15-5-4-14(17)13-9-18-7-6-12(13)15/h4-7,9-11,20H,8,17H2,1-3H3,(H,19,21). The van der Waals surface area contributed by atoms with E-state index in [2.05, 4.69) is 29.5 Å². The molecule has 1 aromatic heterocycles. The topological polar surface area (TPSA) is 80.0 Å². The van der Waals surface area contributed by atoms with E-state index in [1.54, 1.807) is 12.4 Å². The lowest BCUT2D eigenvalue weighted by Crippen LogP contribution is -2.39. The third-order valence-corrected chi connectivity index (χ3v) is 3.30. The lowest BCUT2D eigenvalue weighted by molar-refractivity contribution is -0.121. The largest absolute Gasteiger partial charge is 0.398 e. The Labute approximate surface area is 124 Å². The third kappa shape index (κ3) is 3.62. The van der Waals surface area contributed by atoms with Crippen LogP contribution in [0.15, 0.2) is 30.6 Å². The first-order chi connectivity index (χ1) is 9.99. The Hall–Kier alpha value is -2.30. The molecule has 112 valence electrons. The molecule has 0 spiro atoms. The highest BCUT2D eigenvalue weighted by molar-refractivity contribution is 6.01. The Balaban J connectivity index is 2.16. The first-order valence-corrected chi connectivity index (χ1v) is 7.15. The van der Waals surface area contributed by atoms with E-state index in [1.165, 1.54) is 0 Å². The average molecular weight is 286 g/mol. The van der Waals surface area contributed by atoms with Gasteiger partial charge in [-0.05, 0) is 31.0 Å². The molecule has 1 atom stereocenters. The predicted molar refractivity (Wildman–Crippen MR) is 87.1 cm³/mol. The lowest BCUT2D eigenvalue weighted by Gasteiger charge is -2.18. The quantitative estimate of drug-likeness (QED) is 0.737. The number of hydrogen-bond donors (Lipinski definition) is 3. The molecule has 1 unspecified atom stereocenters. The van der Waals surface area contributed by atoms with Crippen molar-refractivity contribution in [3.05, 3.63) is 30.6 Å². The van der Waals surface area contributed by atoms with Gasteiger partial charge in [0.05, 0.1) is 0 Å². The maximum absolute atomic E-state index is 12.0. The van der Waals surface area contributed by atoms with Gasteiger partial charge in [0.25, 0.3) is 0 Å². The minimum atomic E-state index is -0.316. The minimum absolute atomic E-state index is 0.0114. The summed E-state index contributed by atoms with van der Waals surface area (Å²) in [5.41, 5.74) is 7.51. The van der Waals surface area contributed by atoms with Gasteiger partial charge in [0.2, 0.25) is 5.91 Å². The molecule has 5 nitrogen and oxygen atoms in total. The molecule has 1 amide bonds. The molecule has 0 saturated heterocycles. The summed E-state index contributed by atoms with van der Waals surface area (Å²) in [5, 5.41) is 8.02. The molecule has 0 bridgehead atoms. The van der Waals surface area contributed by atoms with Gasteiger partial charge in [-0.1, -0.05) is 13.8 Å². The van der Waals surface area contributed by atoms with Crippen LogP contribution in [0.4, 0.5) is 11.4 Å². The van der Waals surface area contributed by atoms with Crippen LogP contribution in [-0.4, -0.2) is 23.5 Å². The first-order valence-electron chi connectivity index (χ1n) is 7.15. The summed E-state index contributed by atoms with van der Waals surface area (Å²) in [5.74, 6) is 0.423. The van der Waals surface area contributed by atoms with Crippen LogP contribution in [0.1, 0.15) is 20.8 Å². The molecular weight excluding hydrogens is 264 g/mol. The number of rotatable bonds is 5. The number of pyridine rings is 1. The number of nitrogen functional groups attached to an aromatic ring is 1. The molecule has 5 heteroatoms. The number of nitrogens with zero attached hydrogens (tertiary/aromatic N) is 1. The molecule has 0 aliphatic rings. The number of nitrogens with two attached hydrogens (primary N) is 1. The second-order valence-corrected chi connectivity index (χ2v) is 5.63. The number of carbonyl (C=O) groups excluding carboxylic acids is 1. The number of carbonyl (C=O) groups is 1. The molecule has 0 fully saturated rings. The fourth-order valence-electron chi connectivity index (χ4n) is 2.09. The first kappa shape index (κ1) is 15.1. The van der Waals surface area contributed by atoms with Crippen LogP contribution in [0.3, 0.4) is 0 Å². The molecule has 0 radical (unpaired) electrons. The van der Waals surface area contributed by atoms with Crippen LogP contribution in [0.25, 0.3) is 10.8 Å². The smallest absolute Gasteiger partial charge is 0.242 e. The van der Waals surface area contributed by atoms with Gasteiger partial charge < -0.3 is 16.4 Å². The van der Waals surface area contributed by atoms with E-state index in [9.17, 15) is 4.79 Å². The summed E-state index contributed by atoms with van der Waals surface area (Å²) in [6, 6.07) is 5.30. The Morgan fingerprint density at radius 3 is 2.71 bits per heavy atom. The van der Waals surface area contributed by atoms with Gasteiger partial charge in [-0.25, -0.2) is 0 Å². The van der Waals surface area contributed by atoms with E-state index in [0.717, 1.165) is 16.5 Å². The van der Waals surface area contributed by atoms with Crippen molar-refractivity contribution in [2.45, 2.75) is 26.8 Å². The van der Waals surface area contributed by atoms with E-state index >= 15 is 0 Å².